The normalized spacial score (nSPS) is 13.0. The number of amides is 1. The maximum Gasteiger partial charge on any atom is 0.265 e. The van der Waals surface area contributed by atoms with E-state index in [1.165, 1.54) is 27.1 Å². The topological polar surface area (TPSA) is 81.5 Å². The number of thiophene rings is 1. The van der Waals surface area contributed by atoms with Crippen molar-refractivity contribution in [2.75, 3.05) is 18.1 Å². The number of ether oxygens (including phenoxy) is 1. The van der Waals surface area contributed by atoms with Gasteiger partial charge in [0.15, 0.2) is 12.4 Å². The minimum absolute atomic E-state index is 0.0643. The van der Waals surface area contributed by atoms with Crippen molar-refractivity contribution in [3.8, 4) is 16.9 Å². The Labute approximate surface area is 209 Å². The summed E-state index contributed by atoms with van der Waals surface area (Å²) in [4.78, 5) is 46.4. The number of ketones is 1. The SMILES string of the molecule is C=CCN1C(=O)COc2ccc(C(=O)Cn3cnc4sc(C)c(-c5ccc(Cl)cc5)c4c3=O)cc21. The van der Waals surface area contributed by atoms with Crippen LogP contribution in [0.25, 0.3) is 21.3 Å². The zero-order valence-electron chi connectivity index (χ0n) is 18.8. The van der Waals surface area contributed by atoms with Gasteiger partial charge in [-0.2, -0.15) is 0 Å². The lowest BCUT2D eigenvalue weighted by Crippen LogP contribution is -2.39. The Morgan fingerprint density at radius 3 is 2.74 bits per heavy atom. The molecular weight excluding hydrogens is 486 g/mol. The summed E-state index contributed by atoms with van der Waals surface area (Å²) in [5.41, 5.74) is 2.24. The highest BCUT2D eigenvalue weighted by Gasteiger charge is 2.26. The molecule has 0 atom stereocenters. The van der Waals surface area contributed by atoms with Gasteiger partial charge in [-0.15, -0.1) is 17.9 Å². The van der Waals surface area contributed by atoms with E-state index in [9.17, 15) is 14.4 Å². The number of halogens is 1. The van der Waals surface area contributed by atoms with Crippen LogP contribution in [0.2, 0.25) is 5.02 Å². The molecule has 0 aliphatic carbocycles. The molecule has 0 bridgehead atoms. The number of aromatic nitrogens is 2. The minimum Gasteiger partial charge on any atom is -0.482 e. The molecule has 2 aromatic carbocycles. The summed E-state index contributed by atoms with van der Waals surface area (Å²) in [5, 5.41) is 1.09. The molecule has 1 aliphatic heterocycles. The highest BCUT2D eigenvalue weighted by atomic mass is 35.5. The lowest BCUT2D eigenvalue weighted by molar-refractivity contribution is -0.121. The number of carbonyl (C=O) groups is 2. The van der Waals surface area contributed by atoms with Crippen molar-refractivity contribution in [2.45, 2.75) is 13.5 Å². The van der Waals surface area contributed by atoms with Gasteiger partial charge in [0.2, 0.25) is 0 Å². The zero-order valence-corrected chi connectivity index (χ0v) is 20.4. The van der Waals surface area contributed by atoms with E-state index in [2.05, 4.69) is 11.6 Å². The summed E-state index contributed by atoms with van der Waals surface area (Å²) in [7, 11) is 0. The van der Waals surface area contributed by atoms with Gasteiger partial charge in [-0.3, -0.25) is 19.0 Å². The van der Waals surface area contributed by atoms with Crippen LogP contribution in [-0.2, 0) is 11.3 Å². The molecule has 9 heteroatoms. The molecule has 7 nitrogen and oxygen atoms in total. The van der Waals surface area contributed by atoms with Gasteiger partial charge in [-0.1, -0.05) is 29.8 Å². The number of benzene rings is 2. The van der Waals surface area contributed by atoms with Crippen LogP contribution in [0.1, 0.15) is 15.2 Å². The first-order valence-electron chi connectivity index (χ1n) is 10.8. The number of rotatable bonds is 6. The van der Waals surface area contributed by atoms with Crippen molar-refractivity contribution in [1.29, 1.82) is 0 Å². The maximum atomic E-state index is 13.4. The molecule has 0 N–H and O–H groups in total. The smallest absolute Gasteiger partial charge is 0.265 e. The summed E-state index contributed by atoms with van der Waals surface area (Å²) < 4.78 is 6.81. The summed E-state index contributed by atoms with van der Waals surface area (Å²) >= 11 is 7.47. The molecule has 0 saturated carbocycles. The number of hydrogen-bond donors (Lipinski definition) is 0. The highest BCUT2D eigenvalue weighted by Crippen LogP contribution is 2.36. The Hall–Kier alpha value is -3.75. The van der Waals surface area contributed by atoms with Gasteiger partial charge < -0.3 is 9.64 Å². The Morgan fingerprint density at radius 1 is 1.23 bits per heavy atom. The van der Waals surface area contributed by atoms with E-state index in [4.69, 9.17) is 16.3 Å². The fourth-order valence-electron chi connectivity index (χ4n) is 4.17. The highest BCUT2D eigenvalue weighted by molar-refractivity contribution is 7.19. The summed E-state index contributed by atoms with van der Waals surface area (Å²) in [6.07, 6.45) is 3.02. The number of nitrogens with zero attached hydrogens (tertiary/aromatic N) is 3. The fraction of sp³-hybridized carbons (Fsp3) is 0.154. The monoisotopic (exact) mass is 505 g/mol. The third-order valence-corrected chi connectivity index (χ3v) is 7.10. The summed E-state index contributed by atoms with van der Waals surface area (Å²) in [5.74, 6) is 0.0210. The molecule has 5 rings (SSSR count). The van der Waals surface area contributed by atoms with Crippen molar-refractivity contribution in [1.82, 2.24) is 9.55 Å². The molecule has 0 spiro atoms. The maximum absolute atomic E-state index is 13.4. The van der Waals surface area contributed by atoms with Gasteiger partial charge in [0, 0.05) is 27.6 Å². The van der Waals surface area contributed by atoms with E-state index < -0.39 is 0 Å². The van der Waals surface area contributed by atoms with Crippen LogP contribution in [0.15, 0.2) is 66.2 Å². The Morgan fingerprint density at radius 2 is 2.00 bits per heavy atom. The molecule has 176 valence electrons. The van der Waals surface area contributed by atoms with Crippen molar-refractivity contribution in [2.24, 2.45) is 0 Å². The summed E-state index contributed by atoms with van der Waals surface area (Å²) in [6, 6.07) is 12.2. The summed E-state index contributed by atoms with van der Waals surface area (Å²) in [6.45, 7) is 5.68. The Balaban J connectivity index is 1.51. The van der Waals surface area contributed by atoms with Crippen LogP contribution >= 0.6 is 22.9 Å². The predicted octanol–water partition coefficient (Wildman–Crippen LogP) is 4.88. The fourth-order valence-corrected chi connectivity index (χ4v) is 5.29. The first-order chi connectivity index (χ1) is 16.9. The molecule has 0 fully saturated rings. The second kappa shape index (κ2) is 9.13. The largest absolute Gasteiger partial charge is 0.482 e. The number of aryl methyl sites for hydroxylation is 1. The van der Waals surface area contributed by atoms with E-state index in [0.717, 1.165) is 16.0 Å². The molecule has 2 aromatic heterocycles. The first-order valence-corrected chi connectivity index (χ1v) is 12.0. The van der Waals surface area contributed by atoms with Crippen molar-refractivity contribution < 1.29 is 14.3 Å². The van der Waals surface area contributed by atoms with Gasteiger partial charge in [-0.05, 0) is 42.8 Å². The first kappa shape index (κ1) is 23.0. The molecule has 4 aromatic rings. The van der Waals surface area contributed by atoms with Crippen LogP contribution in [-0.4, -0.2) is 34.4 Å². The van der Waals surface area contributed by atoms with E-state index in [-0.39, 0.29) is 30.4 Å². The number of anilines is 1. The molecule has 1 aliphatic rings. The van der Waals surface area contributed by atoms with Gasteiger partial charge in [0.25, 0.3) is 11.5 Å². The lowest BCUT2D eigenvalue weighted by Gasteiger charge is -2.28. The van der Waals surface area contributed by atoms with Gasteiger partial charge in [-0.25, -0.2) is 4.98 Å². The molecule has 1 amide bonds. The lowest BCUT2D eigenvalue weighted by atomic mass is 10.0. The molecule has 3 heterocycles. The Kier molecular flexibility index (Phi) is 6.00. The van der Waals surface area contributed by atoms with Crippen molar-refractivity contribution in [3.05, 3.63) is 87.3 Å². The van der Waals surface area contributed by atoms with Crippen molar-refractivity contribution in [3.63, 3.8) is 0 Å². The van der Waals surface area contributed by atoms with E-state index in [0.29, 0.717) is 38.8 Å². The second-order valence-corrected chi connectivity index (χ2v) is 9.72. The van der Waals surface area contributed by atoms with E-state index in [1.807, 2.05) is 19.1 Å². The molecule has 0 saturated heterocycles. The third-order valence-electron chi connectivity index (χ3n) is 5.84. The average Bonchev–Trinajstić information content (AvgIpc) is 3.19. The second-order valence-electron chi connectivity index (χ2n) is 8.09. The zero-order chi connectivity index (χ0) is 24.7. The molecule has 0 radical (unpaired) electrons. The molecule has 35 heavy (non-hydrogen) atoms. The van der Waals surface area contributed by atoms with Crippen LogP contribution in [0.4, 0.5) is 5.69 Å². The molecule has 0 unspecified atom stereocenters. The van der Waals surface area contributed by atoms with Crippen LogP contribution in [0, 0.1) is 6.92 Å². The van der Waals surface area contributed by atoms with Crippen LogP contribution < -0.4 is 15.2 Å². The van der Waals surface area contributed by atoms with Crippen LogP contribution in [0.3, 0.4) is 0 Å². The van der Waals surface area contributed by atoms with E-state index in [1.54, 1.807) is 36.4 Å². The minimum atomic E-state index is -0.289. The average molecular weight is 506 g/mol. The number of Topliss-reactive ketones (excluding diaryl/α,β-unsaturated/α-hetero) is 1. The van der Waals surface area contributed by atoms with Gasteiger partial charge in [0.05, 0.1) is 23.9 Å². The quantitative estimate of drug-likeness (QED) is 0.275. The third kappa shape index (κ3) is 4.15. The number of hydrogen-bond acceptors (Lipinski definition) is 6. The predicted molar refractivity (Wildman–Crippen MR) is 138 cm³/mol. The standard InChI is InChI=1S/C26H20ClN3O4S/c1-3-10-30-19-11-17(6-9-21(19)34-13-22(30)32)20(31)12-29-14-28-25-24(26(29)33)23(15(2)35-25)16-4-7-18(27)8-5-16/h3-9,11,14H,1,10,12-13H2,2H3. The number of carbonyl (C=O) groups excluding carboxylic acids is 2. The van der Waals surface area contributed by atoms with Crippen LogP contribution in [0.5, 0.6) is 5.75 Å². The Bertz CT molecular complexity index is 1560. The van der Waals surface area contributed by atoms with Crippen molar-refractivity contribution >= 4 is 50.5 Å². The van der Waals surface area contributed by atoms with Gasteiger partial charge in [0.1, 0.15) is 10.6 Å². The molecular formula is C26H20ClN3O4S. The van der Waals surface area contributed by atoms with Gasteiger partial charge >= 0.3 is 0 Å². The number of fused-ring (bicyclic) bond motifs is 2. The van der Waals surface area contributed by atoms with E-state index >= 15 is 0 Å².